The predicted octanol–water partition coefficient (Wildman–Crippen LogP) is 3.13. The van der Waals surface area contributed by atoms with Crippen molar-refractivity contribution in [3.63, 3.8) is 0 Å². The van der Waals surface area contributed by atoms with Crippen LogP contribution in [0.5, 0.6) is 0 Å². The van der Waals surface area contributed by atoms with Gasteiger partial charge in [0.05, 0.1) is 0 Å². The molecule has 22 heavy (non-hydrogen) atoms. The molecule has 2 aromatic carbocycles. The van der Waals surface area contributed by atoms with Crippen LogP contribution in [0.2, 0.25) is 0 Å². The van der Waals surface area contributed by atoms with Gasteiger partial charge in [0.25, 0.3) is 11.8 Å². The topological polar surface area (TPSA) is 50.3 Å². The Morgan fingerprint density at radius 1 is 0.818 bits per heavy atom. The Balaban J connectivity index is 2.12. The van der Waals surface area contributed by atoms with Crippen LogP contribution >= 0.6 is 0 Å². The van der Waals surface area contributed by atoms with Crippen LogP contribution in [0.4, 0.5) is 0 Å². The minimum atomic E-state index is -0.255. The van der Waals surface area contributed by atoms with Gasteiger partial charge < -0.3 is 0 Å². The average Bonchev–Trinajstić information content (AvgIpc) is 2.58. The van der Waals surface area contributed by atoms with Gasteiger partial charge in [-0.05, 0) is 40.8 Å². The second kappa shape index (κ2) is 4.49. The SMILES string of the molecule is CN1C(=O)c2cccc3c(-c4ccncc4)ccc(c23)C1=O. The zero-order valence-electron chi connectivity index (χ0n) is 11.9. The van der Waals surface area contributed by atoms with Crippen molar-refractivity contribution in [2.45, 2.75) is 0 Å². The molecule has 1 aliphatic rings. The smallest absolute Gasteiger partial charge is 0.261 e. The molecule has 106 valence electrons. The molecule has 1 aromatic heterocycles. The van der Waals surface area contributed by atoms with E-state index in [4.69, 9.17) is 0 Å². The summed E-state index contributed by atoms with van der Waals surface area (Å²) in [5.41, 5.74) is 3.15. The van der Waals surface area contributed by atoms with Crippen LogP contribution < -0.4 is 0 Å². The number of benzene rings is 2. The standard InChI is InChI=1S/C18H12N2O2/c1-20-17(21)14-4-2-3-13-12(11-7-9-19-10-8-11)5-6-15(16(13)14)18(20)22/h2-10H,1H3. The molecule has 4 nitrogen and oxygen atoms in total. The van der Waals surface area contributed by atoms with Gasteiger partial charge in [0, 0.05) is 36.0 Å². The highest BCUT2D eigenvalue weighted by Gasteiger charge is 2.30. The Labute approximate surface area is 127 Å². The number of carbonyl (C=O) groups is 2. The second-order valence-electron chi connectivity index (χ2n) is 5.29. The molecule has 4 heteroatoms. The molecule has 0 N–H and O–H groups in total. The lowest BCUT2D eigenvalue weighted by Crippen LogP contribution is -2.36. The maximum atomic E-state index is 12.4. The molecule has 0 saturated carbocycles. The van der Waals surface area contributed by atoms with Crippen LogP contribution in [0.3, 0.4) is 0 Å². The Hall–Kier alpha value is -3.01. The van der Waals surface area contributed by atoms with Crippen LogP contribution in [0.25, 0.3) is 21.9 Å². The fourth-order valence-corrected chi connectivity index (χ4v) is 3.00. The van der Waals surface area contributed by atoms with Gasteiger partial charge in [0.1, 0.15) is 0 Å². The van der Waals surface area contributed by atoms with E-state index >= 15 is 0 Å². The minimum absolute atomic E-state index is 0.255. The number of hydrogen-bond acceptors (Lipinski definition) is 3. The Bertz CT molecular complexity index is 910. The summed E-state index contributed by atoms with van der Waals surface area (Å²) in [7, 11) is 1.52. The molecule has 0 aliphatic carbocycles. The number of rotatable bonds is 1. The van der Waals surface area contributed by atoms with E-state index < -0.39 is 0 Å². The van der Waals surface area contributed by atoms with Crippen molar-refractivity contribution in [3.8, 4) is 11.1 Å². The lowest BCUT2D eigenvalue weighted by Gasteiger charge is -2.24. The number of imide groups is 1. The first kappa shape index (κ1) is 12.7. The van der Waals surface area contributed by atoms with Crippen molar-refractivity contribution in [3.05, 3.63) is 66.0 Å². The van der Waals surface area contributed by atoms with E-state index in [0.29, 0.717) is 11.1 Å². The molecule has 0 saturated heterocycles. The van der Waals surface area contributed by atoms with Gasteiger partial charge in [0.2, 0.25) is 0 Å². The van der Waals surface area contributed by atoms with Crippen LogP contribution in [0.15, 0.2) is 54.9 Å². The first-order chi connectivity index (χ1) is 10.7. The third-order valence-electron chi connectivity index (χ3n) is 4.10. The molecule has 3 aromatic rings. The van der Waals surface area contributed by atoms with E-state index in [1.165, 1.54) is 11.9 Å². The lowest BCUT2D eigenvalue weighted by molar-refractivity contribution is 0.0651. The quantitative estimate of drug-likeness (QED) is 0.646. The van der Waals surface area contributed by atoms with Gasteiger partial charge in [-0.3, -0.25) is 19.5 Å². The summed E-state index contributed by atoms with van der Waals surface area (Å²) in [5, 5.41) is 1.65. The van der Waals surface area contributed by atoms with Crippen LogP contribution in [0.1, 0.15) is 20.7 Å². The number of amides is 2. The zero-order chi connectivity index (χ0) is 15.3. The van der Waals surface area contributed by atoms with Gasteiger partial charge in [-0.25, -0.2) is 0 Å². The Morgan fingerprint density at radius 3 is 2.18 bits per heavy atom. The first-order valence-electron chi connectivity index (χ1n) is 6.97. The van der Waals surface area contributed by atoms with E-state index in [-0.39, 0.29) is 11.8 Å². The summed E-state index contributed by atoms with van der Waals surface area (Å²) in [6.45, 7) is 0. The number of nitrogens with zero attached hydrogens (tertiary/aromatic N) is 2. The number of aromatic nitrogens is 1. The van der Waals surface area contributed by atoms with Gasteiger partial charge in [-0.1, -0.05) is 18.2 Å². The highest BCUT2D eigenvalue weighted by molar-refractivity contribution is 6.26. The normalized spacial score (nSPS) is 13.8. The fraction of sp³-hybridized carbons (Fsp3) is 0.0556. The molecule has 0 bridgehead atoms. The van der Waals surface area contributed by atoms with Gasteiger partial charge in [-0.2, -0.15) is 0 Å². The molecule has 0 unspecified atom stereocenters. The van der Waals surface area contributed by atoms with Crippen LogP contribution in [-0.2, 0) is 0 Å². The summed E-state index contributed by atoms with van der Waals surface area (Å²) in [6, 6.07) is 13.1. The fourth-order valence-electron chi connectivity index (χ4n) is 3.00. The average molecular weight is 288 g/mol. The van der Waals surface area contributed by atoms with Crippen LogP contribution in [-0.4, -0.2) is 28.7 Å². The zero-order valence-corrected chi connectivity index (χ0v) is 11.9. The molecule has 2 amide bonds. The highest BCUT2D eigenvalue weighted by atomic mass is 16.2. The van der Waals surface area contributed by atoms with Crippen molar-refractivity contribution in [2.75, 3.05) is 7.05 Å². The van der Waals surface area contributed by atoms with Crippen molar-refractivity contribution < 1.29 is 9.59 Å². The lowest BCUT2D eigenvalue weighted by atomic mass is 9.89. The first-order valence-corrected chi connectivity index (χ1v) is 6.97. The van der Waals surface area contributed by atoms with Gasteiger partial charge in [0.15, 0.2) is 0 Å². The van der Waals surface area contributed by atoms with E-state index in [2.05, 4.69) is 4.98 Å². The monoisotopic (exact) mass is 288 g/mol. The Morgan fingerprint density at radius 2 is 1.45 bits per heavy atom. The number of carbonyl (C=O) groups excluding carboxylic acids is 2. The summed E-state index contributed by atoms with van der Waals surface area (Å²) < 4.78 is 0. The van der Waals surface area contributed by atoms with E-state index in [1.807, 2.05) is 30.3 Å². The molecule has 0 fully saturated rings. The summed E-state index contributed by atoms with van der Waals surface area (Å²) in [6.07, 6.45) is 3.46. The maximum Gasteiger partial charge on any atom is 0.261 e. The minimum Gasteiger partial charge on any atom is -0.277 e. The third-order valence-corrected chi connectivity index (χ3v) is 4.10. The maximum absolute atomic E-state index is 12.4. The van der Waals surface area contributed by atoms with Crippen molar-refractivity contribution >= 4 is 22.6 Å². The molecule has 1 aliphatic heterocycles. The van der Waals surface area contributed by atoms with E-state index in [1.54, 1.807) is 24.5 Å². The second-order valence-corrected chi connectivity index (χ2v) is 5.29. The molecule has 0 radical (unpaired) electrons. The molecule has 4 rings (SSSR count). The van der Waals surface area contributed by atoms with Gasteiger partial charge in [-0.15, -0.1) is 0 Å². The highest BCUT2D eigenvalue weighted by Crippen LogP contribution is 2.35. The molecular weight excluding hydrogens is 276 g/mol. The molecular formula is C18H12N2O2. The predicted molar refractivity (Wildman–Crippen MR) is 83.6 cm³/mol. The van der Waals surface area contributed by atoms with E-state index in [9.17, 15) is 9.59 Å². The van der Waals surface area contributed by atoms with E-state index in [0.717, 1.165) is 21.9 Å². The molecule has 2 heterocycles. The third kappa shape index (κ3) is 1.61. The summed E-state index contributed by atoms with van der Waals surface area (Å²) >= 11 is 0. The van der Waals surface area contributed by atoms with Crippen molar-refractivity contribution in [1.29, 1.82) is 0 Å². The van der Waals surface area contributed by atoms with Crippen molar-refractivity contribution in [1.82, 2.24) is 9.88 Å². The van der Waals surface area contributed by atoms with Crippen LogP contribution in [0, 0.1) is 0 Å². The molecule has 0 atom stereocenters. The summed E-state index contributed by atoms with van der Waals surface area (Å²) in [5.74, 6) is -0.509. The summed E-state index contributed by atoms with van der Waals surface area (Å²) in [4.78, 5) is 29.9. The number of pyridine rings is 1. The largest absolute Gasteiger partial charge is 0.277 e. The van der Waals surface area contributed by atoms with Crippen molar-refractivity contribution in [2.24, 2.45) is 0 Å². The molecule has 0 spiro atoms. The van der Waals surface area contributed by atoms with Gasteiger partial charge >= 0.3 is 0 Å². The number of hydrogen-bond donors (Lipinski definition) is 0. The Kier molecular flexibility index (Phi) is 2.60.